The van der Waals surface area contributed by atoms with Gasteiger partial charge in [-0.1, -0.05) is 0 Å². The van der Waals surface area contributed by atoms with Crippen molar-refractivity contribution in [2.24, 2.45) is 11.8 Å². The van der Waals surface area contributed by atoms with Crippen LogP contribution in [0.1, 0.15) is 5.56 Å². The zero-order chi connectivity index (χ0) is 18.0. The minimum absolute atomic E-state index is 0.0750. The number of hydrogen-bond donors (Lipinski definition) is 0. The Morgan fingerprint density at radius 2 is 1.64 bits per heavy atom. The number of carbonyl (C=O) groups is 2. The zero-order valence-corrected chi connectivity index (χ0v) is 13.2. The van der Waals surface area contributed by atoms with Crippen LogP contribution in [0.3, 0.4) is 0 Å². The summed E-state index contributed by atoms with van der Waals surface area (Å²) >= 11 is 0. The number of halogens is 3. The van der Waals surface area contributed by atoms with E-state index >= 15 is 0 Å². The maximum atomic E-state index is 12.7. The Kier molecular flexibility index (Phi) is 3.31. The number of hydrogen-bond acceptors (Lipinski definition) is 6. The molecule has 1 spiro atoms. The van der Waals surface area contributed by atoms with E-state index in [-0.39, 0.29) is 11.8 Å². The highest BCUT2D eigenvalue weighted by Gasteiger charge is 2.65. The number of fused-ring (bicyclic) bond motifs is 2. The molecule has 9 heteroatoms. The van der Waals surface area contributed by atoms with E-state index < -0.39 is 29.6 Å². The SMILES string of the molecule is CN1CC2CN(c3ccc(C(F)(F)F)cc3)CC2C12OC(=O)C(=O)O2. The van der Waals surface area contributed by atoms with Gasteiger partial charge in [-0.2, -0.15) is 13.2 Å². The molecular weight excluding hydrogens is 341 g/mol. The lowest BCUT2D eigenvalue weighted by atomic mass is 9.97. The normalized spacial score (nSPS) is 28.4. The molecule has 1 aromatic carbocycles. The van der Waals surface area contributed by atoms with Crippen LogP contribution in [0.25, 0.3) is 0 Å². The van der Waals surface area contributed by atoms with Crippen LogP contribution in [0.15, 0.2) is 24.3 Å². The first kappa shape index (κ1) is 16.2. The van der Waals surface area contributed by atoms with Gasteiger partial charge in [-0.05, 0) is 31.3 Å². The molecule has 2 atom stereocenters. The van der Waals surface area contributed by atoms with Gasteiger partial charge in [-0.15, -0.1) is 0 Å². The summed E-state index contributed by atoms with van der Waals surface area (Å²) in [4.78, 5) is 26.6. The van der Waals surface area contributed by atoms with Crippen LogP contribution in [0.2, 0.25) is 0 Å². The van der Waals surface area contributed by atoms with Gasteiger partial charge in [0.2, 0.25) is 0 Å². The van der Waals surface area contributed by atoms with Gasteiger partial charge in [0.05, 0.1) is 11.5 Å². The summed E-state index contributed by atoms with van der Waals surface area (Å²) in [5.74, 6) is -3.61. The number of rotatable bonds is 1. The van der Waals surface area contributed by atoms with Crippen molar-refractivity contribution in [1.29, 1.82) is 0 Å². The Morgan fingerprint density at radius 3 is 2.20 bits per heavy atom. The van der Waals surface area contributed by atoms with Gasteiger partial charge in [-0.25, -0.2) is 14.5 Å². The van der Waals surface area contributed by atoms with Crippen LogP contribution >= 0.6 is 0 Å². The molecule has 3 aliphatic heterocycles. The third kappa shape index (κ3) is 2.37. The minimum atomic E-state index is -4.38. The van der Waals surface area contributed by atoms with Crippen molar-refractivity contribution in [3.05, 3.63) is 29.8 Å². The van der Waals surface area contributed by atoms with Crippen LogP contribution in [0.4, 0.5) is 18.9 Å². The third-order valence-electron chi connectivity index (χ3n) is 5.15. The van der Waals surface area contributed by atoms with E-state index in [0.717, 1.165) is 12.1 Å². The largest absolute Gasteiger partial charge is 0.421 e. The molecule has 6 nitrogen and oxygen atoms in total. The van der Waals surface area contributed by atoms with Crippen LogP contribution in [0.5, 0.6) is 0 Å². The van der Waals surface area contributed by atoms with Gasteiger partial charge >= 0.3 is 24.0 Å². The van der Waals surface area contributed by atoms with Crippen LogP contribution in [0, 0.1) is 11.8 Å². The molecule has 0 saturated carbocycles. The van der Waals surface area contributed by atoms with Crippen molar-refractivity contribution in [3.63, 3.8) is 0 Å². The Balaban J connectivity index is 1.56. The standard InChI is InChI=1S/C16H15F3N2O4/c1-20-6-9-7-21(11-4-2-10(3-5-11)15(17,18)19)8-12(9)16(20)24-13(22)14(23)25-16/h2-5,9,12H,6-8H2,1H3. The van der Waals surface area contributed by atoms with Crippen LogP contribution in [-0.4, -0.2) is 49.4 Å². The number of carbonyl (C=O) groups excluding carboxylic acids is 2. The Hall–Kier alpha value is -2.29. The lowest BCUT2D eigenvalue weighted by Gasteiger charge is -2.32. The van der Waals surface area contributed by atoms with Gasteiger partial charge in [-0.3, -0.25) is 0 Å². The Labute approximate surface area is 141 Å². The Bertz CT molecular complexity index is 718. The minimum Gasteiger partial charge on any atom is -0.399 e. The van der Waals surface area contributed by atoms with E-state index in [4.69, 9.17) is 9.47 Å². The lowest BCUT2D eigenvalue weighted by molar-refractivity contribution is -0.247. The second-order valence-corrected chi connectivity index (χ2v) is 6.61. The second kappa shape index (κ2) is 5.10. The summed E-state index contributed by atoms with van der Waals surface area (Å²) in [6.07, 6.45) is -4.38. The van der Waals surface area contributed by atoms with Crippen molar-refractivity contribution in [3.8, 4) is 0 Å². The second-order valence-electron chi connectivity index (χ2n) is 6.61. The van der Waals surface area contributed by atoms with Crippen molar-refractivity contribution in [1.82, 2.24) is 4.90 Å². The molecule has 0 aliphatic carbocycles. The average Bonchev–Trinajstić information content (AvgIpc) is 3.15. The third-order valence-corrected chi connectivity index (χ3v) is 5.15. The van der Waals surface area contributed by atoms with Crippen molar-refractivity contribution < 1.29 is 32.2 Å². The summed E-state index contributed by atoms with van der Waals surface area (Å²) in [6.45, 7) is 1.56. The molecule has 0 radical (unpaired) electrons. The van der Waals surface area contributed by atoms with Crippen molar-refractivity contribution in [2.45, 2.75) is 12.1 Å². The van der Waals surface area contributed by atoms with Crippen LogP contribution < -0.4 is 4.90 Å². The molecule has 1 aromatic rings. The van der Waals surface area contributed by atoms with Crippen molar-refractivity contribution in [2.75, 3.05) is 31.6 Å². The first-order valence-corrected chi connectivity index (χ1v) is 7.80. The van der Waals surface area contributed by atoms with Gasteiger partial charge in [0.1, 0.15) is 0 Å². The van der Waals surface area contributed by atoms with E-state index in [1.807, 2.05) is 4.90 Å². The monoisotopic (exact) mass is 356 g/mol. The van der Waals surface area contributed by atoms with Crippen molar-refractivity contribution >= 4 is 17.6 Å². The molecule has 25 heavy (non-hydrogen) atoms. The predicted octanol–water partition coefficient (Wildman–Crippen LogP) is 1.46. The number of likely N-dealkylation sites (tertiary alicyclic amines) is 1. The molecule has 4 rings (SSSR count). The fourth-order valence-corrected chi connectivity index (χ4v) is 3.98. The van der Waals surface area contributed by atoms with E-state index in [0.29, 0.717) is 25.3 Å². The molecule has 134 valence electrons. The summed E-state index contributed by atoms with van der Waals surface area (Å²) in [7, 11) is 1.71. The number of esters is 2. The quantitative estimate of drug-likeness (QED) is 0.561. The Morgan fingerprint density at radius 1 is 1.04 bits per heavy atom. The van der Waals surface area contributed by atoms with E-state index in [2.05, 4.69) is 0 Å². The van der Waals surface area contributed by atoms with E-state index in [9.17, 15) is 22.8 Å². The lowest BCUT2D eigenvalue weighted by Crippen LogP contribution is -2.49. The molecule has 3 heterocycles. The van der Waals surface area contributed by atoms with Gasteiger partial charge in [0.15, 0.2) is 0 Å². The highest BCUT2D eigenvalue weighted by molar-refractivity contribution is 6.31. The fraction of sp³-hybridized carbons (Fsp3) is 0.500. The summed E-state index contributed by atoms with van der Waals surface area (Å²) in [5, 5.41) is 0. The molecule has 0 N–H and O–H groups in total. The number of anilines is 1. The maximum Gasteiger partial charge on any atom is 0.421 e. The topological polar surface area (TPSA) is 59.1 Å². The number of ether oxygens (including phenoxy) is 2. The summed E-state index contributed by atoms with van der Waals surface area (Å²) < 4.78 is 48.5. The molecular formula is C16H15F3N2O4. The smallest absolute Gasteiger partial charge is 0.399 e. The fourth-order valence-electron chi connectivity index (χ4n) is 3.98. The van der Waals surface area contributed by atoms with Gasteiger partial charge in [0, 0.05) is 31.2 Å². The molecule has 3 fully saturated rings. The van der Waals surface area contributed by atoms with E-state index in [1.54, 1.807) is 11.9 Å². The maximum absolute atomic E-state index is 12.7. The number of alkyl halides is 3. The van der Waals surface area contributed by atoms with Gasteiger partial charge in [0.25, 0.3) is 0 Å². The van der Waals surface area contributed by atoms with Gasteiger partial charge < -0.3 is 14.4 Å². The average molecular weight is 356 g/mol. The first-order valence-electron chi connectivity index (χ1n) is 7.80. The summed E-state index contributed by atoms with van der Waals surface area (Å²) in [5.41, 5.74) is -0.0543. The predicted molar refractivity (Wildman–Crippen MR) is 78.2 cm³/mol. The number of benzene rings is 1. The molecule has 3 aliphatic rings. The summed E-state index contributed by atoms with van der Waals surface area (Å²) in [6, 6.07) is 4.93. The molecule has 2 unspecified atom stereocenters. The number of nitrogens with zero attached hydrogens (tertiary/aromatic N) is 2. The van der Waals surface area contributed by atoms with E-state index in [1.165, 1.54) is 12.1 Å². The molecule has 0 amide bonds. The highest BCUT2D eigenvalue weighted by atomic mass is 19.4. The van der Waals surface area contributed by atoms with Crippen LogP contribution in [-0.2, 0) is 25.2 Å². The molecule has 0 aromatic heterocycles. The zero-order valence-electron chi connectivity index (χ0n) is 13.2. The molecule has 0 bridgehead atoms. The molecule has 3 saturated heterocycles. The highest BCUT2D eigenvalue weighted by Crippen LogP contribution is 2.47. The first-order chi connectivity index (χ1) is 11.7.